The third-order valence-electron chi connectivity index (χ3n) is 13.3. The van der Waals surface area contributed by atoms with Gasteiger partial charge in [-0.2, -0.15) is 0 Å². The second-order valence-electron chi connectivity index (χ2n) is 16.9. The first-order valence-electron chi connectivity index (χ1n) is 21.8. The van der Waals surface area contributed by atoms with Gasteiger partial charge in [-0.15, -0.1) is 13.2 Å². The predicted molar refractivity (Wildman–Crippen MR) is 247 cm³/mol. The molecule has 5 aromatic carbocycles. The van der Waals surface area contributed by atoms with E-state index >= 15 is 0 Å². The van der Waals surface area contributed by atoms with Crippen molar-refractivity contribution in [2.75, 3.05) is 38.2 Å². The number of carbonyl (C=O) groups excluding carboxylic acids is 4. The number of hydrogen-bond acceptors (Lipinski definition) is 10. The zero-order valence-corrected chi connectivity index (χ0v) is 37.2. The van der Waals surface area contributed by atoms with Gasteiger partial charge < -0.3 is 28.8 Å². The molecular formula is C53H45F3N2O10. The average molecular weight is 927 g/mol. The van der Waals surface area contributed by atoms with Crippen LogP contribution in [0.15, 0.2) is 115 Å². The highest BCUT2D eigenvalue weighted by Crippen LogP contribution is 2.59. The van der Waals surface area contributed by atoms with E-state index in [0.717, 1.165) is 50.3 Å². The number of methoxy groups -OCH3 is 4. The number of anilines is 2. The van der Waals surface area contributed by atoms with Crippen molar-refractivity contribution in [3.63, 3.8) is 0 Å². The number of carbonyl (C=O) groups is 4. The minimum Gasteiger partial charge on any atom is -0.508 e. The fourth-order valence-electron chi connectivity index (χ4n) is 10.2. The van der Waals surface area contributed by atoms with Gasteiger partial charge in [-0.25, -0.2) is 0 Å². The number of benzene rings is 5. The molecule has 68 heavy (non-hydrogen) atoms. The van der Waals surface area contributed by atoms with Crippen LogP contribution in [0.4, 0.5) is 24.5 Å². The molecule has 9 rings (SSSR count). The van der Waals surface area contributed by atoms with Crippen molar-refractivity contribution in [1.82, 2.24) is 0 Å². The predicted octanol–water partition coefficient (Wildman–Crippen LogP) is 9.71. The Bertz CT molecular complexity index is 2910. The summed E-state index contributed by atoms with van der Waals surface area (Å²) in [5.74, 6) is -6.60. The second kappa shape index (κ2) is 18.1. The van der Waals surface area contributed by atoms with E-state index in [9.17, 15) is 37.5 Å². The van der Waals surface area contributed by atoms with Crippen molar-refractivity contribution in [2.24, 2.45) is 29.6 Å². The molecule has 6 unspecified atom stereocenters. The Labute approximate surface area is 389 Å². The molecule has 0 bridgehead atoms. The summed E-state index contributed by atoms with van der Waals surface area (Å²) >= 11 is 0. The highest BCUT2D eigenvalue weighted by atomic mass is 19.4. The van der Waals surface area contributed by atoms with Gasteiger partial charge in [0, 0.05) is 22.6 Å². The number of hydrogen-bond donors (Lipinski definition) is 1. The first kappa shape index (κ1) is 45.4. The number of halogens is 3. The maximum atomic E-state index is 14.8. The van der Waals surface area contributed by atoms with Crippen molar-refractivity contribution in [1.29, 1.82) is 0 Å². The lowest BCUT2D eigenvalue weighted by Gasteiger charge is -2.44. The van der Waals surface area contributed by atoms with Crippen LogP contribution in [0, 0.1) is 29.6 Å². The molecule has 0 aromatic heterocycles. The minimum atomic E-state index is -5.07. The van der Waals surface area contributed by atoms with Gasteiger partial charge in [0.1, 0.15) is 34.5 Å². The van der Waals surface area contributed by atoms with E-state index in [1.165, 1.54) is 0 Å². The summed E-state index contributed by atoms with van der Waals surface area (Å²) in [6.45, 7) is 0. The highest BCUT2D eigenvalue weighted by molar-refractivity contribution is 6.24. The summed E-state index contributed by atoms with van der Waals surface area (Å²) in [6.07, 6.45) is 4.12. The van der Waals surface area contributed by atoms with Crippen molar-refractivity contribution >= 4 is 59.3 Å². The Hall–Kier alpha value is -7.81. The number of amides is 4. The number of aromatic hydroxyl groups is 1. The molecule has 2 aliphatic heterocycles. The molecule has 4 amide bonds. The fourth-order valence-corrected chi connectivity index (χ4v) is 10.2. The summed E-state index contributed by atoms with van der Waals surface area (Å²) in [6, 6.07) is 27.4. The van der Waals surface area contributed by atoms with Crippen molar-refractivity contribution < 1.29 is 61.1 Å². The molecule has 348 valence electrons. The lowest BCUT2D eigenvalue weighted by Crippen LogP contribution is -2.43. The zero-order chi connectivity index (χ0) is 48.0. The SMILES string of the molecule is COc1ccc(OC)c(C=Cc2ccc(N3C(=O)C4CC=C5C(CC6C(=O)N(c7ccc(C=Cc8cc(OC)ccc8OC)cc7)C(=O)C6C5c5cc(OC(F)(F)F)ccc5O)C4C3=O)cc2)c1. The number of phenolic OH excluding ortho intramolecular Hbond substituents is 1. The molecule has 1 N–H and O–H groups in total. The van der Waals surface area contributed by atoms with Crippen LogP contribution >= 0.6 is 0 Å². The van der Waals surface area contributed by atoms with E-state index in [1.807, 2.05) is 36.4 Å². The quantitative estimate of drug-likeness (QED) is 0.0731. The van der Waals surface area contributed by atoms with Gasteiger partial charge in [0.2, 0.25) is 23.6 Å². The zero-order valence-electron chi connectivity index (χ0n) is 37.2. The number of rotatable bonds is 12. The molecule has 0 spiro atoms. The molecule has 12 nitrogen and oxygen atoms in total. The van der Waals surface area contributed by atoms with Crippen LogP contribution in [-0.2, 0) is 19.2 Å². The number of imide groups is 2. The van der Waals surface area contributed by atoms with E-state index in [-0.39, 0.29) is 24.1 Å². The third-order valence-corrected chi connectivity index (χ3v) is 13.3. The van der Waals surface area contributed by atoms with Crippen molar-refractivity contribution in [3.8, 4) is 34.5 Å². The summed E-state index contributed by atoms with van der Waals surface area (Å²) in [4.78, 5) is 60.6. The van der Waals surface area contributed by atoms with E-state index in [0.29, 0.717) is 34.3 Å². The smallest absolute Gasteiger partial charge is 0.508 e. The number of nitrogens with zero attached hydrogens (tertiary/aromatic N) is 2. The number of alkyl halides is 3. The molecule has 3 fully saturated rings. The number of allylic oxidation sites excluding steroid dienone is 2. The van der Waals surface area contributed by atoms with Crippen LogP contribution in [0.2, 0.25) is 0 Å². The standard InChI is InChI=1S/C53H45F3N2O10/c1-64-35-18-23-44(66-3)31(25-35)11-5-29-7-13-33(14-8-29)57-49(60)39-21-20-38-40(47(39)51(57)62)28-42-48(46(38)41-27-37(17-22-43(41)59)68-53(54,55)56)52(63)58(50(42)61)34-15-9-30(10-16-34)6-12-32-26-36(65-2)19-24-45(32)67-4/h5-20,22-27,39-40,42,46-48,59H,21,28H2,1-4H3. The topological polar surface area (TPSA) is 141 Å². The third kappa shape index (κ3) is 8.33. The molecular weight excluding hydrogens is 882 g/mol. The summed E-state index contributed by atoms with van der Waals surface area (Å²) in [7, 11) is 6.25. The lowest BCUT2D eigenvalue weighted by atomic mass is 9.57. The molecule has 2 aliphatic carbocycles. The molecule has 0 radical (unpaired) electrons. The van der Waals surface area contributed by atoms with Gasteiger partial charge in [-0.3, -0.25) is 29.0 Å². The van der Waals surface area contributed by atoms with Crippen LogP contribution in [0.1, 0.15) is 46.6 Å². The Morgan fingerprint density at radius 3 is 1.56 bits per heavy atom. The minimum absolute atomic E-state index is 0.00224. The fraction of sp³-hybridized carbons (Fsp3) is 0.245. The van der Waals surface area contributed by atoms with Gasteiger partial charge in [0.15, 0.2) is 0 Å². The molecule has 2 heterocycles. The highest BCUT2D eigenvalue weighted by Gasteiger charge is 2.62. The normalized spacial score (nSPS) is 22.3. The van der Waals surface area contributed by atoms with E-state index in [1.54, 1.807) is 107 Å². The maximum Gasteiger partial charge on any atom is 0.573 e. The largest absolute Gasteiger partial charge is 0.573 e. The first-order valence-corrected chi connectivity index (χ1v) is 21.8. The molecule has 15 heteroatoms. The number of phenols is 1. The van der Waals surface area contributed by atoms with Gasteiger partial charge in [0.25, 0.3) is 0 Å². The van der Waals surface area contributed by atoms with Crippen LogP contribution in [0.5, 0.6) is 34.5 Å². The van der Waals surface area contributed by atoms with E-state index < -0.39 is 77.0 Å². The summed E-state index contributed by atoms with van der Waals surface area (Å²) in [5, 5.41) is 11.4. The number of fused-ring (bicyclic) bond motifs is 4. The molecule has 4 aliphatic rings. The van der Waals surface area contributed by atoms with Gasteiger partial charge in [-0.1, -0.05) is 60.2 Å². The van der Waals surface area contributed by atoms with Crippen molar-refractivity contribution in [3.05, 3.63) is 143 Å². The maximum absolute atomic E-state index is 14.8. The van der Waals surface area contributed by atoms with Gasteiger partial charge in [-0.05, 0) is 109 Å². The monoisotopic (exact) mass is 926 g/mol. The molecule has 6 atom stereocenters. The average Bonchev–Trinajstić information content (AvgIpc) is 3.75. The van der Waals surface area contributed by atoms with E-state index in [2.05, 4.69) is 4.74 Å². The van der Waals surface area contributed by atoms with Crippen LogP contribution in [0.3, 0.4) is 0 Å². The summed E-state index contributed by atoms with van der Waals surface area (Å²) in [5.41, 5.74) is 4.04. The lowest BCUT2D eigenvalue weighted by molar-refractivity contribution is -0.274. The Morgan fingerprint density at radius 1 is 0.559 bits per heavy atom. The Kier molecular flexibility index (Phi) is 12.1. The van der Waals surface area contributed by atoms with Crippen LogP contribution in [0.25, 0.3) is 24.3 Å². The van der Waals surface area contributed by atoms with E-state index in [4.69, 9.17) is 18.9 Å². The Balaban J connectivity index is 1.03. The van der Waals surface area contributed by atoms with Crippen LogP contribution < -0.4 is 33.5 Å². The molecule has 1 saturated carbocycles. The second-order valence-corrected chi connectivity index (χ2v) is 16.9. The molecule has 5 aromatic rings. The Morgan fingerprint density at radius 2 is 1.06 bits per heavy atom. The van der Waals surface area contributed by atoms with Gasteiger partial charge >= 0.3 is 6.36 Å². The number of ether oxygens (including phenoxy) is 5. The summed E-state index contributed by atoms with van der Waals surface area (Å²) < 4.78 is 66.6. The van der Waals surface area contributed by atoms with Gasteiger partial charge in [0.05, 0.1) is 63.5 Å². The first-order chi connectivity index (χ1) is 32.7. The van der Waals surface area contributed by atoms with Crippen molar-refractivity contribution in [2.45, 2.75) is 25.1 Å². The molecule has 2 saturated heterocycles. The van der Waals surface area contributed by atoms with Crippen LogP contribution in [-0.4, -0.2) is 63.5 Å².